The first-order chi connectivity index (χ1) is 26.6. The second-order valence-electron chi connectivity index (χ2n) is 15.4. The number of hydrogen-bond donors (Lipinski definition) is 0. The molecule has 0 saturated heterocycles. The zero-order valence-corrected chi connectivity index (χ0v) is 42.2. The summed E-state index contributed by atoms with van der Waals surface area (Å²) in [5.41, 5.74) is 0. The Labute approximate surface area is 352 Å². The van der Waals surface area contributed by atoms with Crippen molar-refractivity contribution in [2.24, 2.45) is 0 Å². The third-order valence-electron chi connectivity index (χ3n) is 12.5. The summed E-state index contributed by atoms with van der Waals surface area (Å²) in [6, 6.07) is 2.18. The minimum atomic E-state index is -1.07. The normalized spacial score (nSPS) is 14.9. The van der Waals surface area contributed by atoms with E-state index in [1.54, 1.807) is 28.4 Å². The quantitative estimate of drug-likeness (QED) is 0.0341. The van der Waals surface area contributed by atoms with Crippen LogP contribution < -0.4 is 0 Å². The minimum Gasteiger partial charge on any atom is -0.397 e. The Hall–Kier alpha value is 0.464. The van der Waals surface area contributed by atoms with E-state index in [1.165, 1.54) is 103 Å². The fourth-order valence-electron chi connectivity index (χ4n) is 9.18. The average molecular weight is 834 g/mol. The van der Waals surface area contributed by atoms with Gasteiger partial charge in [-0.05, 0) is 90.1 Å². The third-order valence-corrected chi connectivity index (χ3v) is 18.1. The second-order valence-corrected chi connectivity index (χ2v) is 21.3. The molecule has 11 heteroatoms. The van der Waals surface area contributed by atoms with Crippen LogP contribution in [0.25, 0.3) is 0 Å². The summed E-state index contributed by atoms with van der Waals surface area (Å²) >= 11 is 2.48. The Morgan fingerprint density at radius 3 is 0.836 bits per heavy atom. The van der Waals surface area contributed by atoms with Gasteiger partial charge >= 0.3 is 18.6 Å². The SMILES string of the molecule is CCN(CC)C(N(CC)CC)C(CC)(CCCCCCCC[Si](OC)OC)SC(CC)(CCCCCCCC[Si](OC)OC)C(N(CC)CC)N(CC)CC. The molecule has 0 aromatic carbocycles. The molecule has 330 valence electrons. The highest BCUT2D eigenvalue weighted by atomic mass is 32.2. The van der Waals surface area contributed by atoms with Gasteiger partial charge in [0.05, 0.1) is 12.3 Å². The molecule has 0 saturated carbocycles. The molecule has 0 aromatic rings. The fourth-order valence-corrected chi connectivity index (χ4v) is 13.8. The Bertz CT molecular complexity index is 759. The van der Waals surface area contributed by atoms with Crippen LogP contribution >= 0.6 is 11.8 Å². The molecule has 2 atom stereocenters. The van der Waals surface area contributed by atoms with E-state index in [1.807, 2.05) is 0 Å². The average Bonchev–Trinajstić information content (AvgIpc) is 3.22. The summed E-state index contributed by atoms with van der Waals surface area (Å²) in [7, 11) is 5.04. The molecule has 0 rings (SSSR count). The van der Waals surface area contributed by atoms with Crippen LogP contribution in [0.2, 0.25) is 12.1 Å². The zero-order valence-electron chi connectivity index (χ0n) is 39.4. The van der Waals surface area contributed by atoms with Crippen molar-refractivity contribution in [2.45, 2.75) is 206 Å². The lowest BCUT2D eigenvalue weighted by Crippen LogP contribution is -2.65. The van der Waals surface area contributed by atoms with E-state index in [2.05, 4.69) is 101 Å². The summed E-state index contributed by atoms with van der Waals surface area (Å²) in [4.78, 5) is 11.3. The van der Waals surface area contributed by atoms with E-state index in [4.69, 9.17) is 17.7 Å². The molecule has 0 aliphatic rings. The summed E-state index contributed by atoms with van der Waals surface area (Å²) in [6.45, 7) is 33.1. The lowest BCUT2D eigenvalue weighted by Gasteiger charge is -2.57. The Balaban J connectivity index is 6.82. The molecule has 0 aromatic heterocycles. The maximum absolute atomic E-state index is 5.54. The van der Waals surface area contributed by atoms with Crippen LogP contribution in [0.5, 0.6) is 0 Å². The summed E-state index contributed by atoms with van der Waals surface area (Å²) in [5.74, 6) is 0. The molecule has 2 unspecified atom stereocenters. The van der Waals surface area contributed by atoms with E-state index in [0.29, 0.717) is 12.3 Å². The van der Waals surface area contributed by atoms with Crippen molar-refractivity contribution in [1.29, 1.82) is 0 Å². The van der Waals surface area contributed by atoms with Crippen molar-refractivity contribution >= 4 is 30.3 Å². The van der Waals surface area contributed by atoms with Gasteiger partial charge in [-0.15, -0.1) is 11.8 Å². The van der Waals surface area contributed by atoms with Crippen LogP contribution in [-0.2, 0) is 17.7 Å². The molecule has 0 aliphatic heterocycles. The number of hydrogen-bond acceptors (Lipinski definition) is 9. The Kier molecular flexibility index (Phi) is 34.5. The van der Waals surface area contributed by atoms with Gasteiger partial charge in [0, 0.05) is 37.9 Å². The lowest BCUT2D eigenvalue weighted by molar-refractivity contribution is 0.00977. The number of thioether (sulfide) groups is 1. The van der Waals surface area contributed by atoms with Gasteiger partial charge in [0.25, 0.3) is 0 Å². The lowest BCUT2D eigenvalue weighted by atomic mass is 9.90. The van der Waals surface area contributed by atoms with Crippen LogP contribution in [0.3, 0.4) is 0 Å². The molecule has 0 aliphatic carbocycles. The Morgan fingerprint density at radius 1 is 0.382 bits per heavy atom. The minimum absolute atomic E-state index is 0.128. The maximum Gasteiger partial charge on any atom is 0.384 e. The van der Waals surface area contributed by atoms with Gasteiger partial charge in [-0.3, -0.25) is 19.6 Å². The molecule has 8 nitrogen and oxygen atoms in total. The largest absolute Gasteiger partial charge is 0.397 e. The third kappa shape index (κ3) is 19.2. The fraction of sp³-hybridized carbons (Fsp3) is 1.00. The predicted octanol–water partition coefficient (Wildman–Crippen LogP) is 11.1. The van der Waals surface area contributed by atoms with Gasteiger partial charge in [-0.25, -0.2) is 0 Å². The molecule has 0 N–H and O–H groups in total. The second kappa shape index (κ2) is 34.2. The highest BCUT2D eigenvalue weighted by molar-refractivity contribution is 8.02. The summed E-state index contributed by atoms with van der Waals surface area (Å²) in [5, 5.41) is 0. The zero-order chi connectivity index (χ0) is 41.5. The van der Waals surface area contributed by atoms with Gasteiger partial charge in [-0.1, -0.05) is 146 Å². The molecule has 2 radical (unpaired) electrons. The van der Waals surface area contributed by atoms with E-state index in [9.17, 15) is 0 Å². The van der Waals surface area contributed by atoms with E-state index in [0.717, 1.165) is 64.4 Å². The van der Waals surface area contributed by atoms with Gasteiger partial charge < -0.3 is 17.7 Å². The molecule has 55 heavy (non-hydrogen) atoms. The van der Waals surface area contributed by atoms with E-state index in [-0.39, 0.29) is 9.49 Å². The highest BCUT2D eigenvalue weighted by Crippen LogP contribution is 2.53. The number of nitrogens with zero attached hydrogens (tertiary/aromatic N) is 4. The smallest absolute Gasteiger partial charge is 0.384 e. The van der Waals surface area contributed by atoms with Crippen LogP contribution in [0, 0.1) is 0 Å². The predicted molar refractivity (Wildman–Crippen MR) is 247 cm³/mol. The number of unbranched alkanes of at least 4 members (excludes halogenated alkanes) is 10. The van der Waals surface area contributed by atoms with Gasteiger partial charge in [0.15, 0.2) is 0 Å². The van der Waals surface area contributed by atoms with Gasteiger partial charge in [0.2, 0.25) is 0 Å². The molecular formula is C44H96N4O4SSi2. The van der Waals surface area contributed by atoms with E-state index < -0.39 is 18.6 Å². The van der Waals surface area contributed by atoms with Crippen molar-refractivity contribution in [1.82, 2.24) is 19.6 Å². The first-order valence-corrected chi connectivity index (χ1v) is 27.1. The maximum atomic E-state index is 5.54. The first kappa shape index (κ1) is 55.5. The summed E-state index contributed by atoms with van der Waals surface area (Å²) < 4.78 is 22.4. The molecular weight excluding hydrogens is 737 g/mol. The Morgan fingerprint density at radius 2 is 0.618 bits per heavy atom. The molecule has 0 fully saturated rings. The van der Waals surface area contributed by atoms with Crippen LogP contribution in [0.1, 0.15) is 172 Å². The molecule has 0 bridgehead atoms. The van der Waals surface area contributed by atoms with E-state index >= 15 is 0 Å². The molecule has 0 spiro atoms. The monoisotopic (exact) mass is 833 g/mol. The van der Waals surface area contributed by atoms with Crippen molar-refractivity contribution in [2.75, 3.05) is 80.8 Å². The van der Waals surface area contributed by atoms with Crippen molar-refractivity contribution in [3.05, 3.63) is 0 Å². The highest BCUT2D eigenvalue weighted by Gasteiger charge is 2.52. The summed E-state index contributed by atoms with van der Waals surface area (Å²) in [6.07, 6.45) is 21.4. The first-order valence-electron chi connectivity index (χ1n) is 23.2. The van der Waals surface area contributed by atoms with Crippen molar-refractivity contribution in [3.8, 4) is 0 Å². The van der Waals surface area contributed by atoms with Crippen LogP contribution in [0.15, 0.2) is 0 Å². The standard InChI is InChI=1S/C44H96N4O4SSi2/c1-15-43(41(45(17-3)18-4)46(19-5)20-6,37-33-29-25-27-31-35-39-54(49-11)50-12)53-44(16-2,42(47(21-7)22-8)48(23-9)24-10)38-34-30-26-28-32-36-40-55(51-13)52-14/h41-42H,15-40H2,1-14H3. The van der Waals surface area contributed by atoms with Crippen LogP contribution in [0.4, 0.5) is 0 Å². The molecule has 0 amide bonds. The van der Waals surface area contributed by atoms with Crippen LogP contribution in [-0.4, -0.2) is 141 Å². The van der Waals surface area contributed by atoms with Gasteiger partial charge in [-0.2, -0.15) is 0 Å². The molecule has 0 heterocycles. The van der Waals surface area contributed by atoms with Crippen molar-refractivity contribution < 1.29 is 17.7 Å². The van der Waals surface area contributed by atoms with Gasteiger partial charge in [0.1, 0.15) is 0 Å². The number of rotatable bonds is 40. The topological polar surface area (TPSA) is 49.9 Å². The van der Waals surface area contributed by atoms with Crippen molar-refractivity contribution in [3.63, 3.8) is 0 Å².